The van der Waals surface area contributed by atoms with Crippen LogP contribution in [0.1, 0.15) is 0 Å². The zero-order valence-electron chi connectivity index (χ0n) is 8.79. The van der Waals surface area contributed by atoms with Crippen LogP contribution in [0.15, 0.2) is 12.1 Å². The Labute approximate surface area is 107 Å². The van der Waals surface area contributed by atoms with Crippen molar-refractivity contribution < 1.29 is 9.72 Å². The van der Waals surface area contributed by atoms with Crippen molar-refractivity contribution in [2.45, 2.75) is 0 Å². The van der Waals surface area contributed by atoms with Gasteiger partial charge in [0.1, 0.15) is 5.69 Å². The minimum absolute atomic E-state index is 0.0869. The van der Waals surface area contributed by atoms with Crippen LogP contribution < -0.4 is 10.6 Å². The SMILES string of the molecule is CNC(=O)CNc1cc(Cl)c(Cl)cc1[N+](=O)[O-]. The lowest BCUT2D eigenvalue weighted by molar-refractivity contribution is -0.383. The van der Waals surface area contributed by atoms with Crippen LogP contribution in [0.25, 0.3) is 0 Å². The summed E-state index contributed by atoms with van der Waals surface area (Å²) in [5.41, 5.74) is -0.0868. The van der Waals surface area contributed by atoms with Crippen LogP contribution in [-0.4, -0.2) is 24.4 Å². The molecule has 0 radical (unpaired) electrons. The average molecular weight is 278 g/mol. The number of benzene rings is 1. The van der Waals surface area contributed by atoms with E-state index in [4.69, 9.17) is 23.2 Å². The molecule has 1 rings (SSSR count). The Morgan fingerprint density at radius 2 is 2.00 bits per heavy atom. The summed E-state index contributed by atoms with van der Waals surface area (Å²) in [6.45, 7) is -0.0880. The summed E-state index contributed by atoms with van der Waals surface area (Å²) in [6.07, 6.45) is 0. The molecule has 1 amide bonds. The van der Waals surface area contributed by atoms with Crippen LogP contribution in [0.2, 0.25) is 10.0 Å². The molecule has 0 unspecified atom stereocenters. The van der Waals surface area contributed by atoms with Crippen LogP contribution >= 0.6 is 23.2 Å². The van der Waals surface area contributed by atoms with Gasteiger partial charge in [-0.2, -0.15) is 0 Å². The molecule has 0 atom stereocenters. The number of carbonyl (C=O) groups excluding carboxylic acids is 1. The highest BCUT2D eigenvalue weighted by molar-refractivity contribution is 6.42. The zero-order chi connectivity index (χ0) is 13.0. The molecule has 17 heavy (non-hydrogen) atoms. The number of carbonyl (C=O) groups is 1. The number of hydrogen-bond donors (Lipinski definition) is 2. The van der Waals surface area contributed by atoms with Gasteiger partial charge in [0.25, 0.3) is 5.69 Å². The highest BCUT2D eigenvalue weighted by Gasteiger charge is 2.17. The van der Waals surface area contributed by atoms with Crippen LogP contribution in [-0.2, 0) is 4.79 Å². The number of hydrogen-bond acceptors (Lipinski definition) is 4. The fourth-order valence-electron chi connectivity index (χ4n) is 1.09. The number of rotatable bonds is 4. The van der Waals surface area contributed by atoms with Crippen LogP contribution in [0.4, 0.5) is 11.4 Å². The Morgan fingerprint density at radius 3 is 2.53 bits per heavy atom. The molecule has 0 saturated heterocycles. The summed E-state index contributed by atoms with van der Waals surface area (Å²) in [4.78, 5) is 21.2. The van der Waals surface area contributed by atoms with Gasteiger partial charge < -0.3 is 10.6 Å². The van der Waals surface area contributed by atoms with E-state index in [1.807, 2.05) is 0 Å². The first-order valence-electron chi connectivity index (χ1n) is 4.53. The maximum Gasteiger partial charge on any atom is 0.293 e. The Bertz CT molecular complexity index is 465. The molecule has 0 spiro atoms. The fourth-order valence-corrected chi connectivity index (χ4v) is 1.41. The Balaban J connectivity index is 3.00. The molecule has 1 aromatic carbocycles. The third kappa shape index (κ3) is 3.47. The number of nitrogens with one attached hydrogen (secondary N) is 2. The second kappa shape index (κ2) is 5.70. The fraction of sp³-hybridized carbons (Fsp3) is 0.222. The summed E-state index contributed by atoms with van der Waals surface area (Å²) < 4.78 is 0. The van der Waals surface area contributed by atoms with E-state index in [0.717, 1.165) is 6.07 Å². The van der Waals surface area contributed by atoms with Crippen LogP contribution in [0, 0.1) is 10.1 Å². The van der Waals surface area contributed by atoms with E-state index in [2.05, 4.69) is 10.6 Å². The molecular weight excluding hydrogens is 269 g/mol. The molecule has 92 valence electrons. The van der Waals surface area contributed by atoms with Crippen molar-refractivity contribution in [1.29, 1.82) is 0 Å². The van der Waals surface area contributed by atoms with Gasteiger partial charge in [-0.1, -0.05) is 23.2 Å². The normalized spacial score (nSPS) is 9.82. The lowest BCUT2D eigenvalue weighted by atomic mass is 10.2. The number of amides is 1. The van der Waals surface area contributed by atoms with E-state index >= 15 is 0 Å². The van der Waals surface area contributed by atoms with E-state index < -0.39 is 4.92 Å². The predicted molar refractivity (Wildman–Crippen MR) is 65.7 cm³/mol. The van der Waals surface area contributed by atoms with Gasteiger partial charge in [-0.3, -0.25) is 14.9 Å². The van der Waals surface area contributed by atoms with Crippen molar-refractivity contribution in [3.05, 3.63) is 32.3 Å². The van der Waals surface area contributed by atoms with E-state index in [1.54, 1.807) is 0 Å². The minimum atomic E-state index is -0.603. The van der Waals surface area contributed by atoms with Gasteiger partial charge in [0.15, 0.2) is 0 Å². The van der Waals surface area contributed by atoms with Crippen molar-refractivity contribution in [2.24, 2.45) is 0 Å². The molecule has 0 aliphatic carbocycles. The molecule has 0 bridgehead atoms. The smallest absolute Gasteiger partial charge is 0.293 e. The van der Waals surface area contributed by atoms with Gasteiger partial charge in [0.05, 0.1) is 21.5 Å². The quantitative estimate of drug-likeness (QED) is 0.652. The zero-order valence-corrected chi connectivity index (χ0v) is 10.3. The van der Waals surface area contributed by atoms with E-state index in [1.165, 1.54) is 13.1 Å². The Morgan fingerprint density at radius 1 is 1.41 bits per heavy atom. The van der Waals surface area contributed by atoms with Gasteiger partial charge >= 0.3 is 0 Å². The number of anilines is 1. The monoisotopic (exact) mass is 277 g/mol. The minimum Gasteiger partial charge on any atom is -0.371 e. The molecule has 1 aromatic rings. The van der Waals surface area contributed by atoms with Gasteiger partial charge in [-0.15, -0.1) is 0 Å². The average Bonchev–Trinajstić information content (AvgIpc) is 2.29. The molecule has 0 fully saturated rings. The summed E-state index contributed by atoms with van der Waals surface area (Å²) in [6, 6.07) is 2.45. The number of halogens is 2. The second-order valence-corrected chi connectivity index (χ2v) is 3.88. The van der Waals surface area contributed by atoms with Gasteiger partial charge in [0.2, 0.25) is 5.91 Å². The molecule has 2 N–H and O–H groups in total. The molecule has 0 heterocycles. The van der Waals surface area contributed by atoms with Gasteiger partial charge in [-0.25, -0.2) is 0 Å². The summed E-state index contributed by atoms with van der Waals surface area (Å²) in [7, 11) is 1.47. The Kier molecular flexibility index (Phi) is 4.53. The molecule has 0 aromatic heterocycles. The topological polar surface area (TPSA) is 84.3 Å². The van der Waals surface area contributed by atoms with Crippen molar-refractivity contribution in [2.75, 3.05) is 18.9 Å². The molecule has 8 heteroatoms. The third-order valence-corrected chi connectivity index (χ3v) is 2.68. The lowest BCUT2D eigenvalue weighted by Gasteiger charge is -2.07. The maximum absolute atomic E-state index is 11.0. The molecule has 0 aliphatic rings. The van der Waals surface area contributed by atoms with Crippen LogP contribution in [0.3, 0.4) is 0 Å². The highest BCUT2D eigenvalue weighted by Crippen LogP contribution is 2.33. The first-order chi connectivity index (χ1) is 7.95. The maximum atomic E-state index is 11.0. The van der Waals surface area contributed by atoms with E-state index in [9.17, 15) is 14.9 Å². The van der Waals surface area contributed by atoms with Gasteiger partial charge in [-0.05, 0) is 6.07 Å². The van der Waals surface area contributed by atoms with Gasteiger partial charge in [0, 0.05) is 13.1 Å². The third-order valence-electron chi connectivity index (χ3n) is 1.95. The largest absolute Gasteiger partial charge is 0.371 e. The molecular formula is C9H9Cl2N3O3. The first-order valence-corrected chi connectivity index (χ1v) is 5.29. The van der Waals surface area contributed by atoms with Crippen molar-refractivity contribution in [3.8, 4) is 0 Å². The standard InChI is InChI=1S/C9H9Cl2N3O3/c1-12-9(15)4-13-7-2-5(10)6(11)3-8(7)14(16)17/h2-3,13H,4H2,1H3,(H,12,15). The second-order valence-electron chi connectivity index (χ2n) is 3.07. The molecule has 6 nitrogen and oxygen atoms in total. The number of nitro groups is 1. The first kappa shape index (κ1) is 13.5. The summed E-state index contributed by atoms with van der Waals surface area (Å²) >= 11 is 11.4. The molecule has 0 aliphatic heterocycles. The van der Waals surface area contributed by atoms with Crippen LogP contribution in [0.5, 0.6) is 0 Å². The van der Waals surface area contributed by atoms with E-state index in [-0.39, 0.29) is 33.9 Å². The van der Waals surface area contributed by atoms with Crippen molar-refractivity contribution >= 4 is 40.5 Å². The Hall–Kier alpha value is -1.53. The van der Waals surface area contributed by atoms with E-state index in [0.29, 0.717) is 0 Å². The summed E-state index contributed by atoms with van der Waals surface area (Å²) in [5.74, 6) is -0.301. The highest BCUT2D eigenvalue weighted by atomic mass is 35.5. The lowest BCUT2D eigenvalue weighted by Crippen LogP contribution is -2.26. The number of nitrogens with zero attached hydrogens (tertiary/aromatic N) is 1. The van der Waals surface area contributed by atoms with Crippen molar-refractivity contribution in [3.63, 3.8) is 0 Å². The number of nitro benzene ring substituents is 1. The number of likely N-dealkylation sites (N-methyl/N-ethyl adjacent to an activating group) is 1. The molecule has 0 saturated carbocycles. The summed E-state index contributed by atoms with van der Waals surface area (Å²) in [5, 5.41) is 16.0. The predicted octanol–water partition coefficient (Wildman–Crippen LogP) is 2.06. The van der Waals surface area contributed by atoms with Crippen molar-refractivity contribution in [1.82, 2.24) is 5.32 Å².